The maximum atomic E-state index is 11.7. The Morgan fingerprint density at radius 2 is 2.14 bits per heavy atom. The first-order chi connectivity index (χ1) is 10.6. The number of hydrogen-bond acceptors (Lipinski definition) is 4. The van der Waals surface area contributed by atoms with Crippen molar-refractivity contribution in [3.8, 4) is 0 Å². The molecule has 0 saturated heterocycles. The molecule has 1 unspecified atom stereocenters. The number of carbonyl (C=O) groups excluding carboxylic acids is 2. The fourth-order valence-electron chi connectivity index (χ4n) is 1.79. The monoisotopic (exact) mass is 304 g/mol. The largest absolute Gasteiger partial charge is 0.464 e. The number of nitrogens with zero attached hydrogens (tertiary/aromatic N) is 1. The van der Waals surface area contributed by atoms with Gasteiger partial charge in [-0.2, -0.15) is 0 Å². The van der Waals surface area contributed by atoms with E-state index in [0.717, 1.165) is 17.5 Å². The van der Waals surface area contributed by atoms with Crippen LogP contribution >= 0.6 is 0 Å². The van der Waals surface area contributed by atoms with Gasteiger partial charge in [-0.15, -0.1) is 0 Å². The highest BCUT2D eigenvalue weighted by Crippen LogP contribution is 2.12. The van der Waals surface area contributed by atoms with E-state index >= 15 is 0 Å². The third kappa shape index (κ3) is 4.21. The zero-order chi connectivity index (χ0) is 15.9. The minimum atomic E-state index is -0.404. The molecule has 0 fully saturated rings. The lowest BCUT2D eigenvalue weighted by atomic mass is 10.1. The number of H-pyrrole nitrogens is 1. The quantitative estimate of drug-likeness (QED) is 0.563. The molecule has 7 nitrogen and oxygen atoms in total. The van der Waals surface area contributed by atoms with Crippen molar-refractivity contribution in [1.29, 1.82) is 0 Å². The van der Waals surface area contributed by atoms with E-state index in [1.54, 1.807) is 0 Å². The number of benzene rings is 1. The molecular weight excluding hydrogens is 284 g/mol. The van der Waals surface area contributed by atoms with Gasteiger partial charge in [-0.1, -0.05) is 26.0 Å². The molecule has 1 aromatic heterocycles. The van der Waals surface area contributed by atoms with E-state index in [-0.39, 0.29) is 25.0 Å². The van der Waals surface area contributed by atoms with Crippen LogP contribution in [0.5, 0.6) is 0 Å². The Balaban J connectivity index is 1.73. The number of ether oxygens (including phenoxy) is 1. The second kappa shape index (κ2) is 7.44. The molecule has 1 atom stereocenters. The lowest BCUT2D eigenvalue weighted by Crippen LogP contribution is -2.32. The van der Waals surface area contributed by atoms with Gasteiger partial charge in [0.15, 0.2) is 0 Å². The van der Waals surface area contributed by atoms with Gasteiger partial charge < -0.3 is 15.0 Å². The number of esters is 1. The van der Waals surface area contributed by atoms with Gasteiger partial charge in [0.05, 0.1) is 23.5 Å². The number of fused-ring (bicyclic) bond motifs is 1. The maximum Gasteiger partial charge on any atom is 0.321 e. The van der Waals surface area contributed by atoms with Crippen LogP contribution in [0.15, 0.2) is 24.3 Å². The first kappa shape index (κ1) is 15.8. The molecule has 0 bridgehead atoms. The third-order valence-electron chi connectivity index (χ3n) is 3.27. The van der Waals surface area contributed by atoms with Crippen LogP contribution in [0.3, 0.4) is 0 Å². The molecule has 0 saturated carbocycles. The molecule has 0 radical (unpaired) electrons. The van der Waals surface area contributed by atoms with Crippen molar-refractivity contribution in [3.63, 3.8) is 0 Å². The summed E-state index contributed by atoms with van der Waals surface area (Å²) >= 11 is 0. The van der Waals surface area contributed by atoms with E-state index in [0.29, 0.717) is 5.95 Å². The van der Waals surface area contributed by atoms with Gasteiger partial charge in [-0.25, -0.2) is 9.78 Å². The highest BCUT2D eigenvalue weighted by atomic mass is 16.5. The van der Waals surface area contributed by atoms with E-state index < -0.39 is 6.03 Å². The molecule has 0 aliphatic carbocycles. The normalized spacial score (nSPS) is 11.9. The fraction of sp³-hybridized carbons (Fsp3) is 0.400. The second-order valence-corrected chi connectivity index (χ2v) is 4.96. The Labute approximate surface area is 128 Å². The predicted octanol–water partition coefficient (Wildman–Crippen LogP) is 2.27. The highest BCUT2D eigenvalue weighted by molar-refractivity contribution is 5.89. The van der Waals surface area contributed by atoms with Crippen LogP contribution in [0.1, 0.15) is 20.3 Å². The maximum absolute atomic E-state index is 11.7. The lowest BCUT2D eigenvalue weighted by molar-refractivity contribution is -0.147. The van der Waals surface area contributed by atoms with Crippen molar-refractivity contribution in [2.45, 2.75) is 20.3 Å². The van der Waals surface area contributed by atoms with E-state index in [9.17, 15) is 9.59 Å². The van der Waals surface area contributed by atoms with Crippen molar-refractivity contribution in [2.75, 3.05) is 18.5 Å². The van der Waals surface area contributed by atoms with Crippen LogP contribution in [-0.2, 0) is 9.53 Å². The first-order valence-electron chi connectivity index (χ1n) is 7.26. The summed E-state index contributed by atoms with van der Waals surface area (Å²) in [5, 5.41) is 5.20. The van der Waals surface area contributed by atoms with E-state index in [2.05, 4.69) is 20.6 Å². The summed E-state index contributed by atoms with van der Waals surface area (Å²) in [5.41, 5.74) is 1.63. The van der Waals surface area contributed by atoms with E-state index in [1.807, 2.05) is 38.1 Å². The van der Waals surface area contributed by atoms with Crippen molar-refractivity contribution in [1.82, 2.24) is 15.3 Å². The van der Waals surface area contributed by atoms with Gasteiger partial charge in [-0.3, -0.25) is 10.1 Å². The summed E-state index contributed by atoms with van der Waals surface area (Å²) < 4.78 is 5.04. The Kier molecular flexibility index (Phi) is 5.35. The van der Waals surface area contributed by atoms with Crippen LogP contribution in [0, 0.1) is 5.92 Å². The average Bonchev–Trinajstić information content (AvgIpc) is 2.92. The zero-order valence-electron chi connectivity index (χ0n) is 12.7. The highest BCUT2D eigenvalue weighted by Gasteiger charge is 2.11. The Morgan fingerprint density at radius 3 is 2.86 bits per heavy atom. The molecule has 0 aliphatic rings. The number of aromatic nitrogens is 2. The van der Waals surface area contributed by atoms with Gasteiger partial charge in [0.25, 0.3) is 0 Å². The number of imidazole rings is 1. The summed E-state index contributed by atoms with van der Waals surface area (Å²) in [6, 6.07) is 7.08. The van der Waals surface area contributed by atoms with Gasteiger partial charge >= 0.3 is 12.0 Å². The van der Waals surface area contributed by atoms with Gasteiger partial charge in [0.1, 0.15) is 6.61 Å². The molecule has 2 amide bonds. The standard InChI is InChI=1S/C15H20N4O3/c1-3-10(2)13(20)22-9-8-16-15(21)19-14-17-11-6-4-5-7-12(11)18-14/h4-7,10H,3,8-9H2,1-2H3,(H3,16,17,18,19,21). The molecule has 1 aromatic carbocycles. The fourth-order valence-corrected chi connectivity index (χ4v) is 1.79. The number of rotatable bonds is 6. The summed E-state index contributed by atoms with van der Waals surface area (Å²) in [6.07, 6.45) is 0.735. The molecule has 2 aromatic rings. The number of urea groups is 1. The average molecular weight is 304 g/mol. The molecule has 7 heteroatoms. The lowest BCUT2D eigenvalue weighted by Gasteiger charge is -2.09. The van der Waals surface area contributed by atoms with E-state index in [4.69, 9.17) is 4.74 Å². The number of hydrogen-bond donors (Lipinski definition) is 3. The smallest absolute Gasteiger partial charge is 0.321 e. The van der Waals surface area contributed by atoms with Crippen LogP contribution in [-0.4, -0.2) is 35.1 Å². The molecule has 0 spiro atoms. The number of amides is 2. The summed E-state index contributed by atoms with van der Waals surface area (Å²) in [4.78, 5) is 30.4. The van der Waals surface area contributed by atoms with E-state index in [1.165, 1.54) is 0 Å². The molecule has 0 aliphatic heterocycles. The van der Waals surface area contributed by atoms with Crippen LogP contribution in [0.2, 0.25) is 0 Å². The molecule has 118 valence electrons. The van der Waals surface area contributed by atoms with Crippen LogP contribution < -0.4 is 10.6 Å². The number of aromatic amines is 1. The summed E-state index contributed by atoms with van der Waals surface area (Å²) in [7, 11) is 0. The van der Waals surface area contributed by atoms with Gasteiger partial charge in [-0.05, 0) is 18.6 Å². The third-order valence-corrected chi connectivity index (χ3v) is 3.27. The Hall–Kier alpha value is -2.57. The molecule has 22 heavy (non-hydrogen) atoms. The van der Waals surface area contributed by atoms with Crippen molar-refractivity contribution in [2.24, 2.45) is 5.92 Å². The first-order valence-corrected chi connectivity index (χ1v) is 7.26. The predicted molar refractivity (Wildman–Crippen MR) is 83.5 cm³/mol. The topological polar surface area (TPSA) is 96.1 Å². The molecule has 1 heterocycles. The number of carbonyl (C=O) groups is 2. The van der Waals surface area contributed by atoms with Crippen molar-refractivity contribution >= 4 is 29.0 Å². The van der Waals surface area contributed by atoms with Crippen molar-refractivity contribution < 1.29 is 14.3 Å². The molecule has 2 rings (SSSR count). The van der Waals surface area contributed by atoms with Crippen LogP contribution in [0.4, 0.5) is 10.7 Å². The minimum absolute atomic E-state index is 0.121. The minimum Gasteiger partial charge on any atom is -0.464 e. The Bertz CT molecular complexity index is 620. The van der Waals surface area contributed by atoms with Gasteiger partial charge in [0, 0.05) is 0 Å². The van der Waals surface area contributed by atoms with Gasteiger partial charge in [0.2, 0.25) is 5.95 Å². The second-order valence-electron chi connectivity index (χ2n) is 4.96. The number of para-hydroxylation sites is 2. The molecule has 3 N–H and O–H groups in total. The SMILES string of the molecule is CCC(C)C(=O)OCCNC(=O)Nc1nc2ccccc2[nH]1. The number of nitrogens with one attached hydrogen (secondary N) is 3. The number of anilines is 1. The summed E-state index contributed by atoms with van der Waals surface area (Å²) in [6.45, 7) is 4.12. The summed E-state index contributed by atoms with van der Waals surface area (Å²) in [5.74, 6) is 0.00154. The van der Waals surface area contributed by atoms with Crippen molar-refractivity contribution in [3.05, 3.63) is 24.3 Å². The van der Waals surface area contributed by atoms with Crippen LogP contribution in [0.25, 0.3) is 11.0 Å². The Morgan fingerprint density at radius 1 is 1.36 bits per heavy atom. The zero-order valence-corrected chi connectivity index (χ0v) is 12.7. The molecular formula is C15H20N4O3.